The van der Waals surface area contributed by atoms with E-state index in [2.05, 4.69) is 18.7 Å². The minimum absolute atomic E-state index is 0.0155. The Kier molecular flexibility index (Phi) is 2.64. The average molecular weight is 196 g/mol. The van der Waals surface area contributed by atoms with Crippen molar-refractivity contribution in [3.05, 3.63) is 11.3 Å². The lowest BCUT2D eigenvalue weighted by Gasteiger charge is -2.23. The van der Waals surface area contributed by atoms with Gasteiger partial charge in [-0.1, -0.05) is 6.92 Å². The molecule has 0 spiro atoms. The van der Waals surface area contributed by atoms with E-state index in [0.717, 1.165) is 18.5 Å². The van der Waals surface area contributed by atoms with Crippen molar-refractivity contribution in [3.8, 4) is 0 Å². The molecule has 0 aromatic carbocycles. The van der Waals surface area contributed by atoms with E-state index < -0.39 is 5.97 Å². The van der Waals surface area contributed by atoms with Gasteiger partial charge in [-0.25, -0.2) is 4.79 Å². The largest absolute Gasteiger partial charge is 0.478 e. The van der Waals surface area contributed by atoms with Crippen LogP contribution in [0.3, 0.4) is 0 Å². The van der Waals surface area contributed by atoms with E-state index in [0.29, 0.717) is 5.57 Å². The van der Waals surface area contributed by atoms with Gasteiger partial charge in [0.2, 0.25) is 0 Å². The minimum Gasteiger partial charge on any atom is -0.478 e. The van der Waals surface area contributed by atoms with Crippen LogP contribution < -0.4 is 0 Å². The summed E-state index contributed by atoms with van der Waals surface area (Å²) in [5, 5.41) is 14.3. The Labute approximate surface area is 83.9 Å². The van der Waals surface area contributed by atoms with Gasteiger partial charge in [-0.15, -0.1) is 0 Å². The van der Waals surface area contributed by atoms with E-state index in [-0.39, 0.29) is 5.41 Å². The van der Waals surface area contributed by atoms with Gasteiger partial charge in [0.05, 0.1) is 11.3 Å². The third kappa shape index (κ3) is 1.78. The number of nitrogens with zero attached hydrogens (tertiary/aromatic N) is 2. The predicted molar refractivity (Wildman–Crippen MR) is 55.0 cm³/mol. The van der Waals surface area contributed by atoms with E-state index in [9.17, 15) is 4.79 Å². The zero-order valence-electron chi connectivity index (χ0n) is 8.87. The van der Waals surface area contributed by atoms with Crippen LogP contribution in [0.25, 0.3) is 0 Å². The molecular formula is C10H16N2O2. The van der Waals surface area contributed by atoms with Gasteiger partial charge in [0.25, 0.3) is 0 Å². The standard InChI is InChI=1S/C10H16N2O2/c1-7(9(13)14)8(12(4)11-3)10(2)5-6-10/h3,5-6H2,1-2,4H3,(H,13,14)/b8-7+. The number of hydrogen-bond acceptors (Lipinski definition) is 3. The molecule has 0 aromatic rings. The zero-order chi connectivity index (χ0) is 10.9. The number of carbonyl (C=O) groups is 1. The summed E-state index contributed by atoms with van der Waals surface area (Å²) in [4.78, 5) is 10.9. The van der Waals surface area contributed by atoms with Gasteiger partial charge in [0.15, 0.2) is 0 Å². The highest BCUT2D eigenvalue weighted by Gasteiger charge is 2.44. The van der Waals surface area contributed by atoms with Crippen molar-refractivity contribution in [1.29, 1.82) is 0 Å². The third-order valence-electron chi connectivity index (χ3n) is 2.78. The van der Waals surface area contributed by atoms with Crippen LogP contribution in [0.5, 0.6) is 0 Å². The Bertz CT molecular complexity index is 303. The molecule has 1 rings (SSSR count). The number of carboxylic acid groups (broad SMARTS) is 1. The average Bonchev–Trinajstić information content (AvgIpc) is 2.83. The molecule has 4 nitrogen and oxygen atoms in total. The molecule has 1 aliphatic carbocycles. The SMILES string of the molecule is C=NN(C)/C(=C(\C)C(=O)O)C1(C)CC1. The molecule has 4 heteroatoms. The molecule has 14 heavy (non-hydrogen) atoms. The Morgan fingerprint density at radius 3 is 2.36 bits per heavy atom. The minimum atomic E-state index is -0.886. The molecule has 0 atom stereocenters. The van der Waals surface area contributed by atoms with E-state index in [1.807, 2.05) is 0 Å². The maximum Gasteiger partial charge on any atom is 0.333 e. The Morgan fingerprint density at radius 1 is 1.57 bits per heavy atom. The number of carboxylic acids is 1. The molecule has 0 aromatic heterocycles. The lowest BCUT2D eigenvalue weighted by Crippen LogP contribution is -2.21. The summed E-state index contributed by atoms with van der Waals surface area (Å²) in [6.45, 7) is 7.08. The number of aliphatic carboxylic acids is 1. The fourth-order valence-electron chi connectivity index (χ4n) is 1.68. The first-order chi connectivity index (χ1) is 6.42. The molecule has 1 fully saturated rings. The zero-order valence-corrected chi connectivity index (χ0v) is 8.87. The second-order valence-electron chi connectivity index (χ2n) is 4.00. The van der Waals surface area contributed by atoms with Crippen molar-refractivity contribution < 1.29 is 9.90 Å². The Balaban J connectivity index is 3.10. The van der Waals surface area contributed by atoms with Crippen LogP contribution in [0.2, 0.25) is 0 Å². The molecule has 1 N–H and O–H groups in total. The quantitative estimate of drug-likeness (QED) is 0.423. The smallest absolute Gasteiger partial charge is 0.333 e. The summed E-state index contributed by atoms with van der Waals surface area (Å²) in [5.74, 6) is -0.886. The highest BCUT2D eigenvalue weighted by atomic mass is 16.4. The summed E-state index contributed by atoms with van der Waals surface area (Å²) < 4.78 is 0. The summed E-state index contributed by atoms with van der Waals surface area (Å²) in [6, 6.07) is 0. The Hall–Kier alpha value is -1.32. The number of allylic oxidation sites excluding steroid dienone is 1. The molecule has 0 aliphatic heterocycles. The normalized spacial score (nSPS) is 19.6. The van der Waals surface area contributed by atoms with Crippen LogP contribution in [-0.4, -0.2) is 29.8 Å². The van der Waals surface area contributed by atoms with Crippen LogP contribution >= 0.6 is 0 Å². The van der Waals surface area contributed by atoms with E-state index >= 15 is 0 Å². The van der Waals surface area contributed by atoms with Crippen molar-refractivity contribution in [2.45, 2.75) is 26.7 Å². The summed E-state index contributed by atoms with van der Waals surface area (Å²) in [7, 11) is 1.73. The first-order valence-corrected chi connectivity index (χ1v) is 4.57. The molecule has 0 heterocycles. The molecule has 1 saturated carbocycles. The van der Waals surface area contributed by atoms with Crippen LogP contribution in [0.15, 0.2) is 16.4 Å². The van der Waals surface area contributed by atoms with Crippen LogP contribution in [0.1, 0.15) is 26.7 Å². The molecule has 0 unspecified atom stereocenters. The molecule has 0 radical (unpaired) electrons. The number of hydrogen-bond donors (Lipinski definition) is 1. The Morgan fingerprint density at radius 2 is 2.07 bits per heavy atom. The van der Waals surface area contributed by atoms with Crippen molar-refractivity contribution in [2.75, 3.05) is 7.05 Å². The highest BCUT2D eigenvalue weighted by molar-refractivity contribution is 5.87. The van der Waals surface area contributed by atoms with Gasteiger partial charge in [0, 0.05) is 19.2 Å². The van der Waals surface area contributed by atoms with Crippen LogP contribution in [0.4, 0.5) is 0 Å². The second kappa shape index (κ2) is 3.44. The van der Waals surface area contributed by atoms with E-state index in [1.165, 1.54) is 0 Å². The lowest BCUT2D eigenvalue weighted by atomic mass is 10.0. The molecule has 0 bridgehead atoms. The van der Waals surface area contributed by atoms with Crippen LogP contribution in [0, 0.1) is 5.41 Å². The topological polar surface area (TPSA) is 52.9 Å². The molecule has 0 saturated heterocycles. The van der Waals surface area contributed by atoms with Gasteiger partial charge >= 0.3 is 5.97 Å². The van der Waals surface area contributed by atoms with E-state index in [1.54, 1.807) is 19.0 Å². The van der Waals surface area contributed by atoms with Gasteiger partial charge in [0.1, 0.15) is 0 Å². The van der Waals surface area contributed by atoms with Crippen LogP contribution in [-0.2, 0) is 4.79 Å². The maximum absolute atomic E-state index is 10.9. The molecule has 0 amide bonds. The molecule has 78 valence electrons. The van der Waals surface area contributed by atoms with Gasteiger partial charge in [-0.05, 0) is 19.8 Å². The maximum atomic E-state index is 10.9. The second-order valence-corrected chi connectivity index (χ2v) is 4.00. The monoisotopic (exact) mass is 196 g/mol. The van der Waals surface area contributed by atoms with Gasteiger partial charge < -0.3 is 5.11 Å². The predicted octanol–water partition coefficient (Wildman–Crippen LogP) is 1.69. The van der Waals surface area contributed by atoms with E-state index in [4.69, 9.17) is 5.11 Å². The summed E-state index contributed by atoms with van der Waals surface area (Å²) in [6.07, 6.45) is 2.04. The fourth-order valence-corrected chi connectivity index (χ4v) is 1.68. The van der Waals surface area contributed by atoms with Gasteiger partial charge in [-0.2, -0.15) is 5.10 Å². The fraction of sp³-hybridized carbons (Fsp3) is 0.600. The number of hydrazone groups is 1. The third-order valence-corrected chi connectivity index (χ3v) is 2.78. The van der Waals surface area contributed by atoms with Gasteiger partial charge in [-0.3, -0.25) is 5.01 Å². The molecule has 1 aliphatic rings. The first-order valence-electron chi connectivity index (χ1n) is 4.57. The van der Waals surface area contributed by atoms with Crippen molar-refractivity contribution in [3.63, 3.8) is 0 Å². The lowest BCUT2D eigenvalue weighted by molar-refractivity contribution is -0.132. The summed E-state index contributed by atoms with van der Waals surface area (Å²) >= 11 is 0. The first kappa shape index (κ1) is 10.8. The number of rotatable bonds is 4. The highest BCUT2D eigenvalue weighted by Crippen LogP contribution is 2.53. The molecular weight excluding hydrogens is 180 g/mol. The van der Waals surface area contributed by atoms with Crippen molar-refractivity contribution in [1.82, 2.24) is 5.01 Å². The summed E-state index contributed by atoms with van der Waals surface area (Å²) in [5.41, 5.74) is 1.12. The van der Waals surface area contributed by atoms with Crippen molar-refractivity contribution >= 4 is 12.7 Å². The van der Waals surface area contributed by atoms with Crippen molar-refractivity contribution in [2.24, 2.45) is 10.5 Å².